The third-order valence-electron chi connectivity index (χ3n) is 6.08. The molecule has 0 amide bonds. The van der Waals surface area contributed by atoms with Gasteiger partial charge in [0.2, 0.25) is 0 Å². The maximum Gasteiger partial charge on any atom is 0.306 e. The van der Waals surface area contributed by atoms with Crippen LogP contribution in [0.25, 0.3) is 0 Å². The molecule has 1 unspecified atom stereocenters. The van der Waals surface area contributed by atoms with E-state index in [-0.39, 0.29) is 12.1 Å². The van der Waals surface area contributed by atoms with Crippen molar-refractivity contribution < 1.29 is 9.53 Å². The minimum Gasteiger partial charge on any atom is -0.462 e. The van der Waals surface area contributed by atoms with Gasteiger partial charge < -0.3 is 9.64 Å². The predicted octanol–water partition coefficient (Wildman–Crippen LogP) is 9.11. The van der Waals surface area contributed by atoms with E-state index in [2.05, 4.69) is 31.9 Å². The minimum atomic E-state index is 0.0133. The van der Waals surface area contributed by atoms with Crippen LogP contribution in [0.5, 0.6) is 0 Å². The Morgan fingerprint density at radius 1 is 0.812 bits per heavy atom. The summed E-state index contributed by atoms with van der Waals surface area (Å²) in [4.78, 5) is 14.2. The molecule has 0 bridgehead atoms. The molecule has 0 aliphatic heterocycles. The fourth-order valence-electron chi connectivity index (χ4n) is 3.94. The summed E-state index contributed by atoms with van der Waals surface area (Å²) in [5.74, 6) is 0.0133. The number of hydrogen-bond acceptors (Lipinski definition) is 3. The quantitative estimate of drug-likeness (QED) is 0.0839. The molecule has 0 heterocycles. The van der Waals surface area contributed by atoms with Crippen molar-refractivity contribution in [3.8, 4) is 0 Å². The Morgan fingerprint density at radius 3 is 1.94 bits per heavy atom. The van der Waals surface area contributed by atoms with Crippen molar-refractivity contribution in [2.45, 2.75) is 136 Å². The second-order valence-electron chi connectivity index (χ2n) is 9.01. The topological polar surface area (TPSA) is 29.5 Å². The van der Waals surface area contributed by atoms with Crippen molar-refractivity contribution in [2.75, 3.05) is 6.54 Å². The molecule has 0 fully saturated rings. The fourth-order valence-corrected chi connectivity index (χ4v) is 3.94. The number of hydrogen-bond donors (Lipinski definition) is 0. The number of ether oxygens (including phenoxy) is 1. The largest absolute Gasteiger partial charge is 0.462 e. The lowest BCUT2D eigenvalue weighted by Crippen LogP contribution is -2.17. The third kappa shape index (κ3) is 20.4. The lowest BCUT2D eigenvalue weighted by atomic mass is 10.1. The summed E-state index contributed by atoms with van der Waals surface area (Å²) in [7, 11) is 0. The molecule has 186 valence electrons. The van der Waals surface area contributed by atoms with Gasteiger partial charge in [0.1, 0.15) is 6.10 Å². The van der Waals surface area contributed by atoms with Crippen LogP contribution >= 0.6 is 0 Å². The van der Waals surface area contributed by atoms with Crippen LogP contribution in [0.1, 0.15) is 129 Å². The average Bonchev–Trinajstić information content (AvgIpc) is 2.80. The van der Waals surface area contributed by atoms with Crippen LogP contribution in [0.3, 0.4) is 0 Å². The summed E-state index contributed by atoms with van der Waals surface area (Å²) >= 11 is 0. The molecular formula is C29H53NO2. The zero-order chi connectivity index (χ0) is 23.7. The van der Waals surface area contributed by atoms with Gasteiger partial charge in [-0.2, -0.15) is 0 Å². The van der Waals surface area contributed by atoms with Crippen LogP contribution in [0.4, 0.5) is 0 Å². The van der Waals surface area contributed by atoms with Crippen molar-refractivity contribution in [1.82, 2.24) is 4.90 Å². The first-order chi connectivity index (χ1) is 15.7. The molecule has 0 rings (SSSR count). The van der Waals surface area contributed by atoms with E-state index in [1.807, 2.05) is 18.5 Å². The standard InChI is InChI=1S/C29H53NO2/c1-5-9-11-12-18-21-24-28(7-3)32-29(31)25-22-19-16-14-13-15-17-20-23-27-30(8-4)26-10-6-2/h6,8,10,26,28H,2,4-5,7,9,11-25,27H2,1,3H3/b26-10-. The normalized spacial score (nSPS) is 12.1. The molecule has 32 heavy (non-hydrogen) atoms. The SMILES string of the molecule is C=C/C=C\N(C=C)CCCCCCCCCCCC(=O)OC(CC)CCCCCCCC. The smallest absolute Gasteiger partial charge is 0.306 e. The Bertz CT molecular complexity index is 472. The molecule has 0 aromatic heterocycles. The highest BCUT2D eigenvalue weighted by molar-refractivity contribution is 5.69. The Kier molecular flexibility index (Phi) is 23.0. The number of esters is 1. The Labute approximate surface area is 200 Å². The molecule has 3 heteroatoms. The molecule has 3 nitrogen and oxygen atoms in total. The predicted molar refractivity (Wildman–Crippen MR) is 141 cm³/mol. The summed E-state index contributed by atoms with van der Waals surface area (Å²) in [5, 5.41) is 0. The maximum atomic E-state index is 12.1. The second-order valence-corrected chi connectivity index (χ2v) is 9.01. The van der Waals surface area contributed by atoms with E-state index < -0.39 is 0 Å². The molecule has 0 saturated carbocycles. The fraction of sp³-hybridized carbons (Fsp3) is 0.759. The van der Waals surface area contributed by atoms with E-state index >= 15 is 0 Å². The lowest BCUT2D eigenvalue weighted by molar-refractivity contribution is -0.149. The van der Waals surface area contributed by atoms with E-state index in [4.69, 9.17) is 4.74 Å². The van der Waals surface area contributed by atoms with Gasteiger partial charge in [0.25, 0.3) is 0 Å². The van der Waals surface area contributed by atoms with Gasteiger partial charge in [0, 0.05) is 19.2 Å². The van der Waals surface area contributed by atoms with E-state index in [1.54, 1.807) is 6.08 Å². The zero-order valence-corrected chi connectivity index (χ0v) is 21.5. The van der Waals surface area contributed by atoms with Crippen molar-refractivity contribution in [3.05, 3.63) is 37.7 Å². The summed E-state index contributed by atoms with van der Waals surface area (Å²) in [6.45, 7) is 12.9. The van der Waals surface area contributed by atoms with Gasteiger partial charge in [0.05, 0.1) is 0 Å². The average molecular weight is 448 g/mol. The maximum absolute atomic E-state index is 12.1. The molecule has 0 aliphatic carbocycles. The van der Waals surface area contributed by atoms with E-state index in [1.165, 1.54) is 83.5 Å². The van der Waals surface area contributed by atoms with Crippen LogP contribution in [0, 0.1) is 0 Å². The molecule has 0 N–H and O–H groups in total. The van der Waals surface area contributed by atoms with Crippen LogP contribution in [-0.2, 0) is 9.53 Å². The van der Waals surface area contributed by atoms with Gasteiger partial charge in [-0.05, 0) is 44.4 Å². The summed E-state index contributed by atoms with van der Waals surface area (Å²) in [6.07, 6.45) is 29.1. The van der Waals surface area contributed by atoms with E-state index in [9.17, 15) is 4.79 Å². The van der Waals surface area contributed by atoms with Crippen molar-refractivity contribution in [1.29, 1.82) is 0 Å². The Balaban J connectivity index is 3.53. The van der Waals surface area contributed by atoms with Crippen LogP contribution in [0.2, 0.25) is 0 Å². The summed E-state index contributed by atoms with van der Waals surface area (Å²) in [5.41, 5.74) is 0. The van der Waals surface area contributed by atoms with Gasteiger partial charge in [-0.3, -0.25) is 4.79 Å². The number of rotatable bonds is 24. The highest BCUT2D eigenvalue weighted by Gasteiger charge is 2.12. The monoisotopic (exact) mass is 447 g/mol. The number of nitrogens with zero attached hydrogens (tertiary/aromatic N) is 1. The molecular weight excluding hydrogens is 394 g/mol. The van der Waals surface area contributed by atoms with Crippen molar-refractivity contribution in [3.63, 3.8) is 0 Å². The zero-order valence-electron chi connectivity index (χ0n) is 21.5. The first kappa shape index (κ1) is 30.5. The van der Waals surface area contributed by atoms with Gasteiger partial charge >= 0.3 is 5.97 Å². The van der Waals surface area contributed by atoms with Crippen LogP contribution in [-0.4, -0.2) is 23.5 Å². The molecule has 0 radical (unpaired) electrons. The molecule has 0 aromatic rings. The lowest BCUT2D eigenvalue weighted by Gasteiger charge is -2.16. The molecule has 0 spiro atoms. The second kappa shape index (κ2) is 24.1. The van der Waals surface area contributed by atoms with Gasteiger partial charge in [-0.25, -0.2) is 0 Å². The first-order valence-electron chi connectivity index (χ1n) is 13.5. The van der Waals surface area contributed by atoms with Crippen molar-refractivity contribution in [2.24, 2.45) is 0 Å². The van der Waals surface area contributed by atoms with E-state index in [0.29, 0.717) is 6.42 Å². The molecule has 0 saturated heterocycles. The number of allylic oxidation sites excluding steroid dienone is 2. The molecule has 0 aromatic carbocycles. The van der Waals surface area contributed by atoms with E-state index in [0.717, 1.165) is 32.2 Å². The van der Waals surface area contributed by atoms with Crippen molar-refractivity contribution >= 4 is 5.97 Å². The number of carbonyl (C=O) groups excluding carboxylic acids is 1. The molecule has 1 atom stereocenters. The summed E-state index contributed by atoms with van der Waals surface area (Å²) in [6, 6.07) is 0. The highest BCUT2D eigenvalue weighted by Crippen LogP contribution is 2.15. The highest BCUT2D eigenvalue weighted by atomic mass is 16.5. The van der Waals surface area contributed by atoms with Gasteiger partial charge in [0.15, 0.2) is 0 Å². The molecule has 0 aliphatic rings. The number of carbonyl (C=O) groups is 1. The number of unbranched alkanes of at least 4 members (excludes halogenated alkanes) is 13. The van der Waals surface area contributed by atoms with Gasteiger partial charge in [-0.1, -0.05) is 110 Å². The Morgan fingerprint density at radius 2 is 1.38 bits per heavy atom. The first-order valence-corrected chi connectivity index (χ1v) is 13.5. The minimum absolute atomic E-state index is 0.0133. The Hall–Kier alpha value is -1.51. The third-order valence-corrected chi connectivity index (χ3v) is 6.08. The van der Waals surface area contributed by atoms with Crippen LogP contribution < -0.4 is 0 Å². The van der Waals surface area contributed by atoms with Crippen LogP contribution in [0.15, 0.2) is 37.7 Å². The summed E-state index contributed by atoms with van der Waals surface area (Å²) < 4.78 is 5.70. The van der Waals surface area contributed by atoms with Gasteiger partial charge in [-0.15, -0.1) is 0 Å².